The zero-order chi connectivity index (χ0) is 16.3. The van der Waals surface area contributed by atoms with E-state index in [2.05, 4.69) is 6.92 Å². The average Bonchev–Trinajstić information content (AvgIpc) is 2.45. The summed E-state index contributed by atoms with van der Waals surface area (Å²) in [5.74, 6) is 0.497. The first-order valence-corrected chi connectivity index (χ1v) is 8.01. The van der Waals surface area contributed by atoms with Crippen LogP contribution in [0.15, 0.2) is 18.2 Å². The molecule has 1 aliphatic heterocycles. The van der Waals surface area contributed by atoms with Crippen molar-refractivity contribution in [1.29, 1.82) is 0 Å². The van der Waals surface area contributed by atoms with Gasteiger partial charge in [-0.05, 0) is 44.2 Å². The molecule has 1 unspecified atom stereocenters. The molecular weight excluding hydrogens is 276 g/mol. The van der Waals surface area contributed by atoms with E-state index in [-0.39, 0.29) is 18.4 Å². The molecule has 0 N–H and O–H groups in total. The van der Waals surface area contributed by atoms with Crippen LogP contribution < -0.4 is 4.90 Å². The predicted molar refractivity (Wildman–Crippen MR) is 88.9 cm³/mol. The van der Waals surface area contributed by atoms with Crippen molar-refractivity contribution in [1.82, 2.24) is 4.90 Å². The molecule has 120 valence electrons. The van der Waals surface area contributed by atoms with Gasteiger partial charge in [-0.1, -0.05) is 24.6 Å². The quantitative estimate of drug-likeness (QED) is 0.861. The lowest BCUT2D eigenvalue weighted by atomic mass is 10.0. The smallest absolute Gasteiger partial charge is 0.242 e. The second kappa shape index (κ2) is 6.95. The highest BCUT2D eigenvalue weighted by molar-refractivity contribution is 5.98. The number of hydrogen-bond acceptors (Lipinski definition) is 2. The van der Waals surface area contributed by atoms with Gasteiger partial charge in [-0.2, -0.15) is 0 Å². The van der Waals surface area contributed by atoms with E-state index < -0.39 is 0 Å². The van der Waals surface area contributed by atoms with Crippen molar-refractivity contribution in [2.75, 3.05) is 24.5 Å². The zero-order valence-corrected chi connectivity index (χ0v) is 14.1. The third-order valence-corrected chi connectivity index (χ3v) is 4.33. The lowest BCUT2D eigenvalue weighted by molar-refractivity contribution is -0.132. The third-order valence-electron chi connectivity index (χ3n) is 4.33. The summed E-state index contributed by atoms with van der Waals surface area (Å²) in [4.78, 5) is 28.1. The van der Waals surface area contributed by atoms with Crippen molar-refractivity contribution >= 4 is 17.5 Å². The molecule has 0 bridgehead atoms. The summed E-state index contributed by atoms with van der Waals surface area (Å²) in [6, 6.07) is 5.95. The molecule has 2 amide bonds. The van der Waals surface area contributed by atoms with E-state index >= 15 is 0 Å². The summed E-state index contributed by atoms with van der Waals surface area (Å²) in [6.45, 7) is 9.43. The Bertz CT molecular complexity index is 568. The molecule has 1 saturated heterocycles. The molecule has 2 rings (SSSR count). The SMILES string of the molecule is CC(=O)N(CC(=O)N1CCCC(C)C1)c1ccc(C)cc1C. The van der Waals surface area contributed by atoms with E-state index in [4.69, 9.17) is 0 Å². The summed E-state index contributed by atoms with van der Waals surface area (Å²) >= 11 is 0. The maximum Gasteiger partial charge on any atom is 0.242 e. The van der Waals surface area contributed by atoms with Crippen LogP contribution in [0.4, 0.5) is 5.69 Å². The fourth-order valence-corrected chi connectivity index (χ4v) is 3.13. The standard InChI is InChI=1S/C18H26N2O2/c1-13-7-8-17(15(3)10-13)20(16(4)21)12-18(22)19-9-5-6-14(2)11-19/h7-8,10,14H,5-6,9,11-12H2,1-4H3. The lowest BCUT2D eigenvalue weighted by Gasteiger charge is -2.33. The number of aryl methyl sites for hydroxylation is 2. The number of nitrogens with zero attached hydrogens (tertiary/aromatic N) is 2. The van der Waals surface area contributed by atoms with E-state index in [0.717, 1.165) is 36.3 Å². The summed E-state index contributed by atoms with van der Waals surface area (Å²) in [5.41, 5.74) is 3.01. The maximum atomic E-state index is 12.5. The van der Waals surface area contributed by atoms with E-state index in [1.54, 1.807) is 4.90 Å². The van der Waals surface area contributed by atoms with Crippen LogP contribution in [0.2, 0.25) is 0 Å². The van der Waals surface area contributed by atoms with Gasteiger partial charge >= 0.3 is 0 Å². The fraction of sp³-hybridized carbons (Fsp3) is 0.556. The number of amides is 2. The Hall–Kier alpha value is -1.84. The second-order valence-corrected chi connectivity index (χ2v) is 6.48. The molecule has 22 heavy (non-hydrogen) atoms. The molecule has 1 fully saturated rings. The van der Waals surface area contributed by atoms with Crippen molar-refractivity contribution in [3.05, 3.63) is 29.3 Å². The molecule has 0 radical (unpaired) electrons. The lowest BCUT2D eigenvalue weighted by Crippen LogP contribution is -2.46. The van der Waals surface area contributed by atoms with Crippen LogP contribution in [0.25, 0.3) is 0 Å². The number of benzene rings is 1. The Kier molecular flexibility index (Phi) is 5.22. The van der Waals surface area contributed by atoms with E-state index in [9.17, 15) is 9.59 Å². The highest BCUT2D eigenvalue weighted by Crippen LogP contribution is 2.22. The molecular formula is C18H26N2O2. The molecule has 0 aliphatic carbocycles. The van der Waals surface area contributed by atoms with Gasteiger partial charge in [0.05, 0.1) is 0 Å². The van der Waals surface area contributed by atoms with Gasteiger partial charge in [-0.3, -0.25) is 9.59 Å². The first-order valence-electron chi connectivity index (χ1n) is 8.01. The van der Waals surface area contributed by atoms with Gasteiger partial charge in [0.2, 0.25) is 11.8 Å². The van der Waals surface area contributed by atoms with Crippen molar-refractivity contribution in [3.63, 3.8) is 0 Å². The van der Waals surface area contributed by atoms with E-state index in [0.29, 0.717) is 5.92 Å². The van der Waals surface area contributed by atoms with Crippen molar-refractivity contribution in [2.24, 2.45) is 5.92 Å². The molecule has 1 aromatic rings. The van der Waals surface area contributed by atoms with Crippen molar-refractivity contribution < 1.29 is 9.59 Å². The van der Waals surface area contributed by atoms with E-state index in [1.165, 1.54) is 13.3 Å². The Morgan fingerprint density at radius 3 is 2.64 bits per heavy atom. The molecule has 0 aromatic heterocycles. The normalized spacial score (nSPS) is 18.2. The Morgan fingerprint density at radius 1 is 1.32 bits per heavy atom. The number of piperidine rings is 1. The number of rotatable bonds is 3. The monoisotopic (exact) mass is 302 g/mol. The zero-order valence-electron chi connectivity index (χ0n) is 14.1. The topological polar surface area (TPSA) is 40.6 Å². The molecule has 1 aliphatic rings. The minimum Gasteiger partial charge on any atom is -0.341 e. The Balaban J connectivity index is 2.15. The average molecular weight is 302 g/mol. The predicted octanol–water partition coefficient (Wildman–Crippen LogP) is 2.91. The number of likely N-dealkylation sites (tertiary alicyclic amines) is 1. The Labute approximate surface area is 133 Å². The van der Waals surface area contributed by atoms with Crippen LogP contribution in [0, 0.1) is 19.8 Å². The van der Waals surface area contributed by atoms with Crippen LogP contribution in [0.1, 0.15) is 37.8 Å². The first-order chi connectivity index (χ1) is 10.4. The highest BCUT2D eigenvalue weighted by Gasteiger charge is 2.24. The number of carbonyl (C=O) groups excluding carboxylic acids is 2. The minimum absolute atomic E-state index is 0.0433. The van der Waals surface area contributed by atoms with Gasteiger partial charge in [-0.15, -0.1) is 0 Å². The van der Waals surface area contributed by atoms with Crippen LogP contribution in [-0.4, -0.2) is 36.3 Å². The molecule has 0 spiro atoms. The summed E-state index contributed by atoms with van der Waals surface area (Å²) in [6.07, 6.45) is 2.23. The van der Waals surface area contributed by atoms with Gasteiger partial charge in [0.15, 0.2) is 0 Å². The molecule has 4 nitrogen and oxygen atoms in total. The third kappa shape index (κ3) is 3.87. The van der Waals surface area contributed by atoms with Gasteiger partial charge < -0.3 is 9.80 Å². The summed E-state index contributed by atoms with van der Waals surface area (Å²) < 4.78 is 0. The minimum atomic E-state index is -0.0923. The molecule has 1 aromatic carbocycles. The van der Waals surface area contributed by atoms with Crippen LogP contribution >= 0.6 is 0 Å². The van der Waals surface area contributed by atoms with E-state index in [1.807, 2.05) is 36.9 Å². The van der Waals surface area contributed by atoms with Crippen molar-refractivity contribution in [3.8, 4) is 0 Å². The number of hydrogen-bond donors (Lipinski definition) is 0. The van der Waals surface area contributed by atoms with Gasteiger partial charge in [-0.25, -0.2) is 0 Å². The summed E-state index contributed by atoms with van der Waals surface area (Å²) in [7, 11) is 0. The second-order valence-electron chi connectivity index (χ2n) is 6.48. The van der Waals surface area contributed by atoms with Crippen LogP contribution in [0.3, 0.4) is 0 Å². The van der Waals surface area contributed by atoms with Gasteiger partial charge in [0, 0.05) is 25.7 Å². The number of carbonyl (C=O) groups is 2. The van der Waals surface area contributed by atoms with Crippen LogP contribution in [-0.2, 0) is 9.59 Å². The largest absolute Gasteiger partial charge is 0.341 e. The Morgan fingerprint density at radius 2 is 2.05 bits per heavy atom. The number of anilines is 1. The maximum absolute atomic E-state index is 12.5. The molecule has 1 atom stereocenters. The molecule has 0 saturated carbocycles. The van der Waals surface area contributed by atoms with Crippen LogP contribution in [0.5, 0.6) is 0 Å². The van der Waals surface area contributed by atoms with Gasteiger partial charge in [0.25, 0.3) is 0 Å². The summed E-state index contributed by atoms with van der Waals surface area (Å²) in [5, 5.41) is 0. The molecule has 1 heterocycles. The highest BCUT2D eigenvalue weighted by atomic mass is 16.2. The fourth-order valence-electron chi connectivity index (χ4n) is 3.13. The van der Waals surface area contributed by atoms with Crippen molar-refractivity contribution in [2.45, 2.75) is 40.5 Å². The first kappa shape index (κ1) is 16.5. The van der Waals surface area contributed by atoms with Gasteiger partial charge in [0.1, 0.15) is 6.54 Å². The molecule has 4 heteroatoms.